The molecular formula is C11H20N2O2. The van der Waals surface area contributed by atoms with Gasteiger partial charge in [-0.05, 0) is 20.3 Å². The first kappa shape index (κ1) is 12.2. The van der Waals surface area contributed by atoms with E-state index in [0.29, 0.717) is 19.6 Å². The number of amides is 1. The molecule has 0 spiro atoms. The summed E-state index contributed by atoms with van der Waals surface area (Å²) >= 11 is 0. The number of hydrogen-bond donors (Lipinski definition) is 2. The second-order valence-electron chi connectivity index (χ2n) is 3.96. The van der Waals surface area contributed by atoms with Crippen molar-refractivity contribution in [3.63, 3.8) is 0 Å². The van der Waals surface area contributed by atoms with Crippen LogP contribution in [0.25, 0.3) is 0 Å². The van der Waals surface area contributed by atoms with Crippen molar-refractivity contribution in [1.29, 1.82) is 0 Å². The third-order valence-electron chi connectivity index (χ3n) is 2.41. The molecule has 0 aliphatic heterocycles. The second kappa shape index (κ2) is 5.88. The van der Waals surface area contributed by atoms with Gasteiger partial charge in [0.25, 0.3) is 0 Å². The smallest absolute Gasteiger partial charge is 0.227 e. The summed E-state index contributed by atoms with van der Waals surface area (Å²) < 4.78 is 5.22. The fourth-order valence-corrected chi connectivity index (χ4v) is 1.61. The van der Waals surface area contributed by atoms with E-state index in [2.05, 4.69) is 5.32 Å². The van der Waals surface area contributed by atoms with E-state index in [-0.39, 0.29) is 23.9 Å². The van der Waals surface area contributed by atoms with Crippen molar-refractivity contribution in [3.05, 3.63) is 12.2 Å². The lowest BCUT2D eigenvalue weighted by atomic mass is 10.1. The highest BCUT2D eigenvalue weighted by atomic mass is 16.5. The first-order valence-electron chi connectivity index (χ1n) is 5.45. The molecular weight excluding hydrogens is 192 g/mol. The highest BCUT2D eigenvalue weighted by molar-refractivity contribution is 5.81. The van der Waals surface area contributed by atoms with Crippen molar-refractivity contribution in [3.8, 4) is 0 Å². The average Bonchev–Trinajstić information content (AvgIpc) is 2.61. The zero-order valence-corrected chi connectivity index (χ0v) is 9.40. The molecule has 0 aromatic heterocycles. The van der Waals surface area contributed by atoms with Gasteiger partial charge in [0.1, 0.15) is 0 Å². The monoisotopic (exact) mass is 212 g/mol. The summed E-state index contributed by atoms with van der Waals surface area (Å²) in [7, 11) is 0. The number of rotatable bonds is 5. The maximum atomic E-state index is 11.7. The fourth-order valence-electron chi connectivity index (χ4n) is 1.61. The van der Waals surface area contributed by atoms with Crippen LogP contribution in [0, 0.1) is 5.92 Å². The van der Waals surface area contributed by atoms with Gasteiger partial charge in [-0.1, -0.05) is 12.2 Å². The number of carbonyl (C=O) groups is 1. The van der Waals surface area contributed by atoms with E-state index >= 15 is 0 Å². The van der Waals surface area contributed by atoms with Gasteiger partial charge in [0, 0.05) is 18.7 Å². The molecule has 0 radical (unpaired) electrons. The molecule has 3 N–H and O–H groups in total. The van der Waals surface area contributed by atoms with Gasteiger partial charge in [-0.3, -0.25) is 4.79 Å². The minimum atomic E-state index is -0.0657. The molecule has 0 saturated carbocycles. The second-order valence-corrected chi connectivity index (χ2v) is 3.96. The molecule has 15 heavy (non-hydrogen) atoms. The van der Waals surface area contributed by atoms with Gasteiger partial charge in [-0.25, -0.2) is 0 Å². The SMILES string of the molecule is CCOCC(C)NC(=O)C1C=CC(N)C1. The van der Waals surface area contributed by atoms with Crippen molar-refractivity contribution in [2.45, 2.75) is 32.4 Å². The Kier molecular flexibility index (Phi) is 4.78. The van der Waals surface area contributed by atoms with Crippen molar-refractivity contribution in [2.24, 2.45) is 11.7 Å². The van der Waals surface area contributed by atoms with Crippen molar-refractivity contribution < 1.29 is 9.53 Å². The van der Waals surface area contributed by atoms with Gasteiger partial charge < -0.3 is 15.8 Å². The summed E-state index contributed by atoms with van der Waals surface area (Å²) in [5.41, 5.74) is 5.68. The lowest BCUT2D eigenvalue weighted by Crippen LogP contribution is -2.39. The Morgan fingerprint density at radius 1 is 1.67 bits per heavy atom. The Morgan fingerprint density at radius 2 is 2.40 bits per heavy atom. The van der Waals surface area contributed by atoms with Crippen LogP contribution in [0.3, 0.4) is 0 Å². The van der Waals surface area contributed by atoms with Crippen LogP contribution in [0.2, 0.25) is 0 Å². The van der Waals surface area contributed by atoms with Crippen LogP contribution in [-0.2, 0) is 9.53 Å². The predicted octanol–water partition coefficient (Wildman–Crippen LogP) is 0.431. The van der Waals surface area contributed by atoms with Gasteiger partial charge in [0.2, 0.25) is 5.91 Å². The number of nitrogens with two attached hydrogens (primary N) is 1. The fraction of sp³-hybridized carbons (Fsp3) is 0.727. The van der Waals surface area contributed by atoms with E-state index in [4.69, 9.17) is 10.5 Å². The first-order valence-corrected chi connectivity index (χ1v) is 5.45. The molecule has 1 aliphatic carbocycles. The van der Waals surface area contributed by atoms with Crippen LogP contribution in [0.15, 0.2) is 12.2 Å². The molecule has 4 heteroatoms. The van der Waals surface area contributed by atoms with Gasteiger partial charge in [0.15, 0.2) is 0 Å². The number of ether oxygens (including phenoxy) is 1. The molecule has 0 saturated heterocycles. The lowest BCUT2D eigenvalue weighted by Gasteiger charge is -2.16. The summed E-state index contributed by atoms with van der Waals surface area (Å²) in [6.45, 7) is 5.11. The topological polar surface area (TPSA) is 64.3 Å². The third-order valence-corrected chi connectivity index (χ3v) is 2.41. The average molecular weight is 212 g/mol. The molecule has 86 valence electrons. The molecule has 1 amide bonds. The minimum Gasteiger partial charge on any atom is -0.380 e. The highest BCUT2D eigenvalue weighted by Gasteiger charge is 2.23. The Bertz CT molecular complexity index is 241. The molecule has 1 rings (SSSR count). The van der Waals surface area contributed by atoms with E-state index in [9.17, 15) is 4.79 Å². The van der Waals surface area contributed by atoms with Crippen LogP contribution in [0.5, 0.6) is 0 Å². The molecule has 3 unspecified atom stereocenters. The van der Waals surface area contributed by atoms with Crippen molar-refractivity contribution in [2.75, 3.05) is 13.2 Å². The molecule has 1 aliphatic rings. The molecule has 0 fully saturated rings. The van der Waals surface area contributed by atoms with Crippen LogP contribution in [0.4, 0.5) is 0 Å². The summed E-state index contributed by atoms with van der Waals surface area (Å²) in [4.78, 5) is 11.7. The number of hydrogen-bond acceptors (Lipinski definition) is 3. The highest BCUT2D eigenvalue weighted by Crippen LogP contribution is 2.16. The van der Waals surface area contributed by atoms with E-state index < -0.39 is 0 Å². The van der Waals surface area contributed by atoms with Crippen LogP contribution >= 0.6 is 0 Å². The largest absolute Gasteiger partial charge is 0.380 e. The maximum Gasteiger partial charge on any atom is 0.227 e. The van der Waals surface area contributed by atoms with Gasteiger partial charge >= 0.3 is 0 Å². The van der Waals surface area contributed by atoms with Crippen LogP contribution in [-0.4, -0.2) is 31.2 Å². The van der Waals surface area contributed by atoms with Crippen LogP contribution < -0.4 is 11.1 Å². The summed E-state index contributed by atoms with van der Waals surface area (Å²) in [5, 5.41) is 2.91. The standard InChI is InChI=1S/C11H20N2O2/c1-3-15-7-8(2)13-11(14)9-4-5-10(12)6-9/h4-5,8-10H,3,6-7,12H2,1-2H3,(H,13,14). The Labute approximate surface area is 90.9 Å². The van der Waals surface area contributed by atoms with E-state index in [1.165, 1.54) is 0 Å². The molecule has 0 aromatic rings. The summed E-state index contributed by atoms with van der Waals surface area (Å²) in [6.07, 6.45) is 4.48. The molecule has 3 atom stereocenters. The third kappa shape index (κ3) is 4.01. The Hall–Kier alpha value is -0.870. The zero-order valence-electron chi connectivity index (χ0n) is 9.40. The molecule has 0 heterocycles. The Balaban J connectivity index is 2.26. The lowest BCUT2D eigenvalue weighted by molar-refractivity contribution is -0.124. The summed E-state index contributed by atoms with van der Waals surface area (Å²) in [6, 6.07) is 0.0885. The number of nitrogens with one attached hydrogen (secondary N) is 1. The van der Waals surface area contributed by atoms with Crippen LogP contribution in [0.1, 0.15) is 20.3 Å². The predicted molar refractivity (Wildman–Crippen MR) is 59.3 cm³/mol. The Morgan fingerprint density at radius 3 is 2.93 bits per heavy atom. The zero-order chi connectivity index (χ0) is 11.3. The molecule has 0 bridgehead atoms. The van der Waals surface area contributed by atoms with E-state index in [0.717, 1.165) is 0 Å². The first-order chi connectivity index (χ1) is 7.13. The van der Waals surface area contributed by atoms with Gasteiger partial charge in [-0.15, -0.1) is 0 Å². The molecule has 0 aromatic carbocycles. The van der Waals surface area contributed by atoms with Gasteiger partial charge in [0.05, 0.1) is 12.5 Å². The van der Waals surface area contributed by atoms with E-state index in [1.54, 1.807) is 0 Å². The number of carbonyl (C=O) groups excluding carboxylic acids is 1. The summed E-state index contributed by atoms with van der Waals surface area (Å²) in [5.74, 6) is -0.0181. The minimum absolute atomic E-state index is 0.0305. The van der Waals surface area contributed by atoms with Crippen molar-refractivity contribution in [1.82, 2.24) is 5.32 Å². The van der Waals surface area contributed by atoms with Gasteiger partial charge in [-0.2, -0.15) is 0 Å². The van der Waals surface area contributed by atoms with E-state index in [1.807, 2.05) is 26.0 Å². The quantitative estimate of drug-likeness (QED) is 0.650. The maximum absolute atomic E-state index is 11.7. The molecule has 4 nitrogen and oxygen atoms in total. The normalized spacial score (nSPS) is 26.6. The van der Waals surface area contributed by atoms with Crippen molar-refractivity contribution >= 4 is 5.91 Å².